The monoisotopic (exact) mass is 450 g/mol. The minimum atomic E-state index is -0.377. The van der Waals surface area contributed by atoms with E-state index in [0.717, 1.165) is 37.6 Å². The zero-order valence-electron chi connectivity index (χ0n) is 18.6. The number of rotatable bonds is 5. The SMILES string of the molecule is COc1ccc2c(=O)cc(C(=O)N[C@H]3CCN(Cc4ccc5c(c4)OCO5)C[C@@H]3C)oc2c1. The number of carbonyl (C=O) groups excluding carboxylic acids is 1. The maximum Gasteiger partial charge on any atom is 0.287 e. The molecule has 2 aliphatic heterocycles. The van der Waals surface area contributed by atoms with E-state index in [4.69, 9.17) is 18.6 Å². The van der Waals surface area contributed by atoms with Gasteiger partial charge in [-0.05, 0) is 42.2 Å². The molecule has 0 spiro atoms. The standard InChI is InChI=1S/C25H26N2O6/c1-15-12-27(13-16-3-6-21-23(9-16)32-14-31-21)8-7-19(15)26-25(29)24-11-20(28)18-5-4-17(30-2)10-22(18)33-24/h3-6,9-11,15,19H,7-8,12-14H2,1-2H3,(H,26,29)/t15-,19-/m0/s1. The minimum Gasteiger partial charge on any atom is -0.497 e. The molecule has 1 N–H and O–H groups in total. The molecule has 0 unspecified atom stereocenters. The zero-order chi connectivity index (χ0) is 22.9. The highest BCUT2D eigenvalue weighted by Gasteiger charge is 2.28. The normalized spacial score (nSPS) is 20.1. The molecule has 2 atom stereocenters. The highest BCUT2D eigenvalue weighted by Crippen LogP contribution is 2.33. The van der Waals surface area contributed by atoms with Crippen LogP contribution >= 0.6 is 0 Å². The molecule has 33 heavy (non-hydrogen) atoms. The van der Waals surface area contributed by atoms with Gasteiger partial charge in [0.15, 0.2) is 22.7 Å². The first-order chi connectivity index (χ1) is 16.0. The van der Waals surface area contributed by atoms with Crippen molar-refractivity contribution >= 4 is 16.9 Å². The summed E-state index contributed by atoms with van der Waals surface area (Å²) in [4.78, 5) is 27.7. The van der Waals surface area contributed by atoms with Crippen molar-refractivity contribution in [1.82, 2.24) is 10.2 Å². The molecule has 172 valence electrons. The summed E-state index contributed by atoms with van der Waals surface area (Å²) in [6.07, 6.45) is 0.809. The predicted octanol–water partition coefficient (Wildman–Crippen LogP) is 3.17. The van der Waals surface area contributed by atoms with Crippen LogP contribution < -0.4 is 25.0 Å². The van der Waals surface area contributed by atoms with Gasteiger partial charge in [-0.2, -0.15) is 0 Å². The average molecular weight is 450 g/mol. The van der Waals surface area contributed by atoms with Gasteiger partial charge in [-0.15, -0.1) is 0 Å². The largest absolute Gasteiger partial charge is 0.497 e. The van der Waals surface area contributed by atoms with Crippen molar-refractivity contribution in [3.8, 4) is 17.2 Å². The second-order valence-electron chi connectivity index (χ2n) is 8.61. The second-order valence-corrected chi connectivity index (χ2v) is 8.61. The van der Waals surface area contributed by atoms with E-state index in [-0.39, 0.29) is 35.8 Å². The number of benzene rings is 2. The van der Waals surface area contributed by atoms with Crippen LogP contribution in [-0.4, -0.2) is 43.8 Å². The Morgan fingerprint density at radius 3 is 2.82 bits per heavy atom. The molecule has 0 saturated carbocycles. The molecule has 8 nitrogen and oxygen atoms in total. The molecule has 1 amide bonds. The number of hydrogen-bond acceptors (Lipinski definition) is 7. The molecule has 3 heterocycles. The van der Waals surface area contributed by atoms with Crippen LogP contribution in [0.3, 0.4) is 0 Å². The third-order valence-corrected chi connectivity index (χ3v) is 6.31. The molecule has 2 aliphatic rings. The zero-order valence-corrected chi connectivity index (χ0v) is 18.6. The molecule has 0 bridgehead atoms. The molecule has 5 rings (SSSR count). The summed E-state index contributed by atoms with van der Waals surface area (Å²) in [5.41, 5.74) is 1.25. The Balaban J connectivity index is 1.23. The second kappa shape index (κ2) is 8.78. The first-order valence-corrected chi connectivity index (χ1v) is 11.0. The number of piperidine rings is 1. The summed E-state index contributed by atoms with van der Waals surface area (Å²) in [5.74, 6) is 2.01. The molecule has 0 radical (unpaired) electrons. The van der Waals surface area contributed by atoms with Crippen molar-refractivity contribution in [3.05, 3.63) is 64.0 Å². The smallest absolute Gasteiger partial charge is 0.287 e. The van der Waals surface area contributed by atoms with Crippen molar-refractivity contribution in [1.29, 1.82) is 0 Å². The van der Waals surface area contributed by atoms with Gasteiger partial charge in [0.1, 0.15) is 11.3 Å². The Hall–Kier alpha value is -3.52. The van der Waals surface area contributed by atoms with E-state index in [0.29, 0.717) is 16.7 Å². The van der Waals surface area contributed by atoms with E-state index < -0.39 is 0 Å². The number of ether oxygens (including phenoxy) is 3. The number of hydrogen-bond donors (Lipinski definition) is 1. The van der Waals surface area contributed by atoms with Crippen molar-refractivity contribution in [3.63, 3.8) is 0 Å². The fraction of sp³-hybridized carbons (Fsp3) is 0.360. The van der Waals surface area contributed by atoms with Crippen LogP contribution in [0.15, 0.2) is 51.7 Å². The van der Waals surface area contributed by atoms with Crippen LogP contribution in [0.5, 0.6) is 17.2 Å². The summed E-state index contributed by atoms with van der Waals surface area (Å²) in [7, 11) is 1.54. The molecular weight excluding hydrogens is 424 g/mol. The van der Waals surface area contributed by atoms with Gasteiger partial charge in [0.05, 0.1) is 12.5 Å². The van der Waals surface area contributed by atoms with Crippen LogP contribution in [-0.2, 0) is 6.54 Å². The van der Waals surface area contributed by atoms with E-state index in [2.05, 4.69) is 23.2 Å². The topological polar surface area (TPSA) is 90.2 Å². The highest BCUT2D eigenvalue weighted by atomic mass is 16.7. The third kappa shape index (κ3) is 4.39. The van der Waals surface area contributed by atoms with Gasteiger partial charge in [0.25, 0.3) is 5.91 Å². The lowest BCUT2D eigenvalue weighted by molar-refractivity contribution is 0.0834. The fourth-order valence-electron chi connectivity index (χ4n) is 4.50. The molecule has 1 fully saturated rings. The molecule has 1 aromatic heterocycles. The fourth-order valence-corrected chi connectivity index (χ4v) is 4.50. The Morgan fingerprint density at radius 1 is 1.15 bits per heavy atom. The number of nitrogens with one attached hydrogen (secondary N) is 1. The lowest BCUT2D eigenvalue weighted by Gasteiger charge is -2.37. The van der Waals surface area contributed by atoms with Crippen LogP contribution in [0, 0.1) is 5.92 Å². The van der Waals surface area contributed by atoms with Crippen LogP contribution in [0.2, 0.25) is 0 Å². The molecule has 1 saturated heterocycles. The lowest BCUT2D eigenvalue weighted by Crippen LogP contribution is -2.49. The van der Waals surface area contributed by atoms with E-state index in [1.807, 2.05) is 12.1 Å². The van der Waals surface area contributed by atoms with E-state index in [1.165, 1.54) is 18.7 Å². The number of carbonyl (C=O) groups is 1. The quantitative estimate of drug-likeness (QED) is 0.639. The van der Waals surface area contributed by atoms with Crippen molar-refractivity contribution in [2.24, 2.45) is 5.92 Å². The summed E-state index contributed by atoms with van der Waals surface area (Å²) in [5, 5.41) is 3.47. The lowest BCUT2D eigenvalue weighted by atomic mass is 9.93. The summed E-state index contributed by atoms with van der Waals surface area (Å²) < 4.78 is 21.8. The third-order valence-electron chi connectivity index (χ3n) is 6.31. The summed E-state index contributed by atoms with van der Waals surface area (Å²) in [6, 6.07) is 12.2. The number of likely N-dealkylation sites (tertiary alicyclic amines) is 1. The Bertz CT molecular complexity index is 1250. The number of amides is 1. The first-order valence-electron chi connectivity index (χ1n) is 11.0. The number of fused-ring (bicyclic) bond motifs is 2. The van der Waals surface area contributed by atoms with Crippen molar-refractivity contribution in [2.75, 3.05) is 27.0 Å². The van der Waals surface area contributed by atoms with Gasteiger partial charge in [-0.1, -0.05) is 13.0 Å². The Morgan fingerprint density at radius 2 is 2.00 bits per heavy atom. The number of nitrogens with zero attached hydrogens (tertiary/aromatic N) is 1. The van der Waals surface area contributed by atoms with Crippen LogP contribution in [0.4, 0.5) is 0 Å². The maximum absolute atomic E-state index is 12.9. The summed E-state index contributed by atoms with van der Waals surface area (Å²) in [6.45, 7) is 4.90. The van der Waals surface area contributed by atoms with Crippen LogP contribution in [0.25, 0.3) is 11.0 Å². The molecular formula is C25H26N2O6. The van der Waals surface area contributed by atoms with E-state index in [1.54, 1.807) is 18.2 Å². The van der Waals surface area contributed by atoms with Crippen LogP contribution in [0.1, 0.15) is 29.5 Å². The minimum absolute atomic E-state index is 0.00295. The van der Waals surface area contributed by atoms with Crippen molar-refractivity contribution < 1.29 is 23.4 Å². The van der Waals surface area contributed by atoms with Gasteiger partial charge in [0.2, 0.25) is 6.79 Å². The summed E-state index contributed by atoms with van der Waals surface area (Å²) >= 11 is 0. The molecule has 3 aromatic rings. The van der Waals surface area contributed by atoms with E-state index in [9.17, 15) is 9.59 Å². The van der Waals surface area contributed by atoms with Gasteiger partial charge in [-0.25, -0.2) is 0 Å². The van der Waals surface area contributed by atoms with Gasteiger partial charge in [0, 0.05) is 37.8 Å². The molecule has 0 aliphatic carbocycles. The first kappa shape index (κ1) is 21.3. The average Bonchev–Trinajstić information content (AvgIpc) is 3.28. The van der Waals surface area contributed by atoms with Crippen molar-refractivity contribution in [2.45, 2.75) is 25.9 Å². The maximum atomic E-state index is 12.9. The van der Waals surface area contributed by atoms with Gasteiger partial charge < -0.3 is 23.9 Å². The highest BCUT2D eigenvalue weighted by molar-refractivity contribution is 5.93. The Labute approximate surface area is 191 Å². The van der Waals surface area contributed by atoms with Gasteiger partial charge >= 0.3 is 0 Å². The number of methoxy groups -OCH3 is 1. The van der Waals surface area contributed by atoms with E-state index >= 15 is 0 Å². The Kier molecular flexibility index (Phi) is 5.68. The predicted molar refractivity (Wildman–Crippen MR) is 122 cm³/mol. The molecule has 2 aromatic carbocycles. The van der Waals surface area contributed by atoms with Gasteiger partial charge in [-0.3, -0.25) is 14.5 Å². The molecule has 8 heteroatoms.